The van der Waals surface area contributed by atoms with Crippen LogP contribution in [-0.2, 0) is 11.2 Å². The Morgan fingerprint density at radius 3 is 2.79 bits per heavy atom. The number of benzene rings is 1. The highest BCUT2D eigenvalue weighted by molar-refractivity contribution is 5.81. The van der Waals surface area contributed by atoms with Gasteiger partial charge < -0.3 is 10.6 Å². The van der Waals surface area contributed by atoms with Gasteiger partial charge in [-0.15, -0.1) is 0 Å². The molecular weight excluding hydrogens is 298 g/mol. The van der Waals surface area contributed by atoms with Gasteiger partial charge in [-0.2, -0.15) is 5.26 Å². The lowest BCUT2D eigenvalue weighted by atomic mass is 9.82. The van der Waals surface area contributed by atoms with E-state index in [1.165, 1.54) is 24.0 Å². The molecule has 2 aliphatic rings. The number of aryl methyl sites for hydroxylation is 1. The highest BCUT2D eigenvalue weighted by Crippen LogP contribution is 2.28. The molecule has 4 nitrogen and oxygen atoms in total. The van der Waals surface area contributed by atoms with Crippen molar-refractivity contribution in [1.82, 2.24) is 5.32 Å². The van der Waals surface area contributed by atoms with Crippen molar-refractivity contribution >= 4 is 5.91 Å². The second-order valence-electron chi connectivity index (χ2n) is 7.42. The van der Waals surface area contributed by atoms with Crippen LogP contribution in [0.4, 0.5) is 0 Å². The Bertz CT molecular complexity index is 628. The standard InChI is InChI=1S/C20H27N3O/c1-15(19(24)23-20(14-21)12-5-2-6-13-20)22-18-11-7-9-16-8-3-4-10-17(16)18/h3-4,8,10,15,18,22H,2,5-7,9,11-13H2,1H3,(H,23,24)/p+1/t15-,18+/m1/s1. The van der Waals surface area contributed by atoms with E-state index in [1.54, 1.807) is 0 Å². The fraction of sp³-hybridized carbons (Fsp3) is 0.600. The molecule has 1 saturated carbocycles. The van der Waals surface area contributed by atoms with Gasteiger partial charge in [0.15, 0.2) is 6.04 Å². The number of nitrogens with zero attached hydrogens (tertiary/aromatic N) is 1. The zero-order chi connectivity index (χ0) is 17.0. The second kappa shape index (κ2) is 7.36. The Morgan fingerprint density at radius 2 is 2.04 bits per heavy atom. The third-order valence-corrected chi connectivity index (χ3v) is 5.63. The van der Waals surface area contributed by atoms with Gasteiger partial charge in [0.2, 0.25) is 0 Å². The predicted octanol–water partition coefficient (Wildman–Crippen LogP) is 2.36. The first kappa shape index (κ1) is 17.0. The topological polar surface area (TPSA) is 69.5 Å². The van der Waals surface area contributed by atoms with Gasteiger partial charge >= 0.3 is 0 Å². The zero-order valence-electron chi connectivity index (χ0n) is 14.6. The van der Waals surface area contributed by atoms with Crippen LogP contribution in [0.25, 0.3) is 0 Å². The summed E-state index contributed by atoms with van der Waals surface area (Å²) in [5.41, 5.74) is 2.15. The normalized spacial score (nSPS) is 23.6. The number of amides is 1. The van der Waals surface area contributed by atoms with Crippen molar-refractivity contribution in [3.05, 3.63) is 35.4 Å². The minimum atomic E-state index is -0.637. The van der Waals surface area contributed by atoms with E-state index in [0.717, 1.165) is 38.5 Å². The van der Waals surface area contributed by atoms with Crippen LogP contribution < -0.4 is 10.6 Å². The maximum absolute atomic E-state index is 12.7. The van der Waals surface area contributed by atoms with Gasteiger partial charge in [-0.05, 0) is 38.2 Å². The van der Waals surface area contributed by atoms with Gasteiger partial charge in [-0.1, -0.05) is 43.5 Å². The van der Waals surface area contributed by atoms with Gasteiger partial charge in [0, 0.05) is 12.0 Å². The number of carbonyl (C=O) groups excluding carboxylic acids is 1. The number of hydrogen-bond donors (Lipinski definition) is 2. The molecule has 0 heterocycles. The minimum absolute atomic E-state index is 0.00139. The van der Waals surface area contributed by atoms with E-state index in [0.29, 0.717) is 6.04 Å². The highest BCUT2D eigenvalue weighted by atomic mass is 16.2. The molecule has 0 aromatic heterocycles. The average molecular weight is 326 g/mol. The Balaban J connectivity index is 1.64. The van der Waals surface area contributed by atoms with E-state index in [1.807, 2.05) is 6.92 Å². The number of nitriles is 1. The molecule has 0 aliphatic heterocycles. The number of nitrogens with two attached hydrogens (primary N) is 1. The maximum atomic E-state index is 12.7. The molecule has 0 saturated heterocycles. The van der Waals surface area contributed by atoms with Crippen molar-refractivity contribution in [1.29, 1.82) is 5.26 Å². The summed E-state index contributed by atoms with van der Waals surface area (Å²) in [6, 6.07) is 11.1. The van der Waals surface area contributed by atoms with E-state index in [4.69, 9.17) is 0 Å². The number of nitrogens with one attached hydrogen (secondary N) is 1. The SMILES string of the molecule is C[C@@H]([NH2+][C@H]1CCCc2ccccc21)C(=O)NC1(C#N)CCCCC1. The molecule has 2 atom stereocenters. The lowest BCUT2D eigenvalue weighted by Gasteiger charge is -2.33. The number of fused-ring (bicyclic) bond motifs is 1. The van der Waals surface area contributed by atoms with Crippen LogP contribution >= 0.6 is 0 Å². The van der Waals surface area contributed by atoms with Gasteiger partial charge in [0.05, 0.1) is 6.07 Å². The molecule has 24 heavy (non-hydrogen) atoms. The first-order chi connectivity index (χ1) is 11.6. The number of carbonyl (C=O) groups is 1. The van der Waals surface area contributed by atoms with Crippen LogP contribution in [-0.4, -0.2) is 17.5 Å². The Hall–Kier alpha value is -1.86. The number of hydrogen-bond acceptors (Lipinski definition) is 2. The van der Waals surface area contributed by atoms with E-state index >= 15 is 0 Å². The molecule has 128 valence electrons. The molecule has 0 bridgehead atoms. The first-order valence-corrected chi connectivity index (χ1v) is 9.30. The molecule has 2 aliphatic carbocycles. The summed E-state index contributed by atoms with van der Waals surface area (Å²) in [6.07, 6.45) is 8.22. The molecule has 3 rings (SSSR count). The Kier molecular flexibility index (Phi) is 5.20. The quantitative estimate of drug-likeness (QED) is 0.892. The smallest absolute Gasteiger partial charge is 0.279 e. The van der Waals surface area contributed by atoms with Crippen LogP contribution in [0.2, 0.25) is 0 Å². The summed E-state index contributed by atoms with van der Waals surface area (Å²) >= 11 is 0. The van der Waals surface area contributed by atoms with Crippen molar-refractivity contribution in [3.8, 4) is 6.07 Å². The fourth-order valence-electron chi connectivity index (χ4n) is 4.20. The van der Waals surface area contributed by atoms with Gasteiger partial charge in [0.1, 0.15) is 11.6 Å². The summed E-state index contributed by atoms with van der Waals surface area (Å²) in [7, 11) is 0. The summed E-state index contributed by atoms with van der Waals surface area (Å²) < 4.78 is 0. The van der Waals surface area contributed by atoms with Crippen molar-refractivity contribution in [2.24, 2.45) is 0 Å². The van der Waals surface area contributed by atoms with Crippen LogP contribution in [0.3, 0.4) is 0 Å². The van der Waals surface area contributed by atoms with Crippen molar-refractivity contribution in [2.45, 2.75) is 75.9 Å². The summed E-state index contributed by atoms with van der Waals surface area (Å²) in [5.74, 6) is 0.00139. The number of rotatable bonds is 4. The Morgan fingerprint density at radius 1 is 1.29 bits per heavy atom. The molecule has 1 aromatic rings. The predicted molar refractivity (Wildman–Crippen MR) is 93.1 cm³/mol. The van der Waals surface area contributed by atoms with Crippen molar-refractivity contribution < 1.29 is 10.1 Å². The Labute approximate surface area is 144 Å². The lowest BCUT2D eigenvalue weighted by Crippen LogP contribution is -2.93. The number of quaternary nitrogens is 1. The molecule has 1 fully saturated rings. The molecule has 1 aromatic carbocycles. The van der Waals surface area contributed by atoms with Crippen LogP contribution in [0.5, 0.6) is 0 Å². The van der Waals surface area contributed by atoms with Crippen molar-refractivity contribution in [2.75, 3.05) is 0 Å². The minimum Gasteiger partial charge on any atom is -0.333 e. The summed E-state index contributed by atoms with van der Waals surface area (Å²) in [5, 5.41) is 14.8. The monoisotopic (exact) mass is 326 g/mol. The van der Waals surface area contributed by atoms with E-state index < -0.39 is 5.54 Å². The van der Waals surface area contributed by atoms with Crippen LogP contribution in [0.15, 0.2) is 24.3 Å². The summed E-state index contributed by atoms with van der Waals surface area (Å²) in [6.45, 7) is 1.96. The lowest BCUT2D eigenvalue weighted by molar-refractivity contribution is -0.714. The van der Waals surface area contributed by atoms with Gasteiger partial charge in [0.25, 0.3) is 5.91 Å². The fourth-order valence-corrected chi connectivity index (χ4v) is 4.20. The van der Waals surface area contributed by atoms with Crippen molar-refractivity contribution in [3.63, 3.8) is 0 Å². The van der Waals surface area contributed by atoms with Crippen LogP contribution in [0, 0.1) is 11.3 Å². The molecular formula is C20H28N3O+. The molecule has 1 amide bonds. The molecule has 0 unspecified atom stereocenters. The average Bonchev–Trinajstić information content (AvgIpc) is 2.62. The molecule has 3 N–H and O–H groups in total. The third-order valence-electron chi connectivity index (χ3n) is 5.63. The van der Waals surface area contributed by atoms with Gasteiger partial charge in [-0.3, -0.25) is 4.79 Å². The van der Waals surface area contributed by atoms with E-state index in [-0.39, 0.29) is 11.9 Å². The summed E-state index contributed by atoms with van der Waals surface area (Å²) in [4.78, 5) is 12.7. The third kappa shape index (κ3) is 3.62. The van der Waals surface area contributed by atoms with Gasteiger partial charge in [-0.25, -0.2) is 0 Å². The molecule has 0 radical (unpaired) electrons. The van der Waals surface area contributed by atoms with E-state index in [2.05, 4.69) is 41.0 Å². The first-order valence-electron chi connectivity index (χ1n) is 9.30. The largest absolute Gasteiger partial charge is 0.333 e. The molecule has 4 heteroatoms. The van der Waals surface area contributed by atoms with Crippen LogP contribution in [0.1, 0.15) is 69.0 Å². The maximum Gasteiger partial charge on any atom is 0.279 e. The molecule has 0 spiro atoms. The zero-order valence-corrected chi connectivity index (χ0v) is 14.6. The second-order valence-corrected chi connectivity index (χ2v) is 7.42. The van der Waals surface area contributed by atoms with E-state index in [9.17, 15) is 10.1 Å². The highest BCUT2D eigenvalue weighted by Gasteiger charge is 2.36.